The molecular formula is C21H22N2O4. The summed E-state index contributed by atoms with van der Waals surface area (Å²) in [7, 11) is 3.31. The van der Waals surface area contributed by atoms with E-state index in [1.807, 2.05) is 31.2 Å². The minimum atomic E-state index is -0.407. The Morgan fingerprint density at radius 2 is 2.11 bits per heavy atom. The molecule has 3 rings (SSSR count). The van der Waals surface area contributed by atoms with Crippen molar-refractivity contribution >= 4 is 16.9 Å². The van der Waals surface area contributed by atoms with Crippen LogP contribution in [0.3, 0.4) is 0 Å². The molecular weight excluding hydrogens is 344 g/mol. The summed E-state index contributed by atoms with van der Waals surface area (Å²) in [4.78, 5) is 30.5. The number of carbonyl (C=O) groups excluding carboxylic acids is 1. The van der Waals surface area contributed by atoms with Crippen LogP contribution in [-0.2, 0) is 17.8 Å². The number of hydrogen-bond acceptors (Lipinski definition) is 5. The van der Waals surface area contributed by atoms with Crippen molar-refractivity contribution in [1.82, 2.24) is 9.88 Å². The van der Waals surface area contributed by atoms with Crippen molar-refractivity contribution in [3.05, 3.63) is 69.8 Å². The number of aryl methyl sites for hydroxylation is 1. The second-order valence-corrected chi connectivity index (χ2v) is 6.47. The molecule has 0 saturated heterocycles. The van der Waals surface area contributed by atoms with Gasteiger partial charge in [0.2, 0.25) is 5.91 Å². The first-order chi connectivity index (χ1) is 13.0. The van der Waals surface area contributed by atoms with Crippen molar-refractivity contribution in [2.75, 3.05) is 14.2 Å². The van der Waals surface area contributed by atoms with Crippen molar-refractivity contribution < 1.29 is 13.9 Å². The molecule has 0 fully saturated rings. The van der Waals surface area contributed by atoms with Gasteiger partial charge in [0.25, 0.3) is 0 Å². The monoisotopic (exact) mass is 366 g/mol. The number of fused-ring (bicyclic) bond motifs is 1. The van der Waals surface area contributed by atoms with Gasteiger partial charge in [0.15, 0.2) is 0 Å². The van der Waals surface area contributed by atoms with Gasteiger partial charge < -0.3 is 14.1 Å². The third-order valence-corrected chi connectivity index (χ3v) is 4.65. The molecule has 0 atom stereocenters. The van der Waals surface area contributed by atoms with Gasteiger partial charge in [-0.25, -0.2) is 4.79 Å². The Labute approximate surface area is 157 Å². The van der Waals surface area contributed by atoms with Gasteiger partial charge in [-0.05, 0) is 42.7 Å². The van der Waals surface area contributed by atoms with Gasteiger partial charge in [0.1, 0.15) is 11.3 Å². The van der Waals surface area contributed by atoms with Crippen molar-refractivity contribution in [3.63, 3.8) is 0 Å². The van der Waals surface area contributed by atoms with E-state index >= 15 is 0 Å². The zero-order valence-electron chi connectivity index (χ0n) is 15.7. The highest BCUT2D eigenvalue weighted by Crippen LogP contribution is 2.24. The summed E-state index contributed by atoms with van der Waals surface area (Å²) >= 11 is 0. The van der Waals surface area contributed by atoms with Crippen LogP contribution in [0, 0.1) is 6.92 Å². The van der Waals surface area contributed by atoms with E-state index in [2.05, 4.69) is 4.98 Å². The number of carbonyl (C=O) groups is 1. The highest BCUT2D eigenvalue weighted by Gasteiger charge is 2.15. The molecule has 6 nitrogen and oxygen atoms in total. The van der Waals surface area contributed by atoms with Crippen LogP contribution in [-0.4, -0.2) is 29.9 Å². The minimum absolute atomic E-state index is 0.0347. The Bertz CT molecular complexity index is 1010. The highest BCUT2D eigenvalue weighted by atomic mass is 16.5. The average Bonchev–Trinajstić information content (AvgIpc) is 2.67. The molecule has 2 aromatic heterocycles. The molecule has 2 heterocycles. The molecule has 0 N–H and O–H groups in total. The fourth-order valence-corrected chi connectivity index (χ4v) is 3.07. The van der Waals surface area contributed by atoms with Gasteiger partial charge in [-0.1, -0.05) is 6.07 Å². The molecule has 0 aliphatic carbocycles. The Morgan fingerprint density at radius 1 is 1.30 bits per heavy atom. The molecule has 0 saturated carbocycles. The van der Waals surface area contributed by atoms with E-state index in [1.54, 1.807) is 37.5 Å². The summed E-state index contributed by atoms with van der Waals surface area (Å²) in [6.45, 7) is 2.36. The molecule has 0 radical (unpaired) electrons. The van der Waals surface area contributed by atoms with E-state index in [4.69, 9.17) is 9.15 Å². The van der Waals surface area contributed by atoms with Crippen LogP contribution in [0.25, 0.3) is 11.0 Å². The lowest BCUT2D eigenvalue weighted by molar-refractivity contribution is -0.130. The normalized spacial score (nSPS) is 10.8. The molecule has 0 aliphatic heterocycles. The van der Waals surface area contributed by atoms with Gasteiger partial charge in [0.05, 0.1) is 7.11 Å². The number of ether oxygens (including phenoxy) is 1. The number of benzene rings is 1. The third kappa shape index (κ3) is 4.16. The number of rotatable bonds is 6. The topological polar surface area (TPSA) is 72.6 Å². The Kier molecular flexibility index (Phi) is 5.54. The molecule has 6 heteroatoms. The molecule has 140 valence electrons. The number of aromatic nitrogens is 1. The van der Waals surface area contributed by atoms with E-state index in [0.717, 1.165) is 16.5 Å². The van der Waals surface area contributed by atoms with Crippen LogP contribution in [0.15, 0.2) is 51.9 Å². The van der Waals surface area contributed by atoms with Crippen LogP contribution < -0.4 is 10.4 Å². The summed E-state index contributed by atoms with van der Waals surface area (Å²) in [6, 6.07) is 9.15. The maximum absolute atomic E-state index is 12.4. The smallest absolute Gasteiger partial charge is 0.339 e. The van der Waals surface area contributed by atoms with Gasteiger partial charge in [-0.2, -0.15) is 0 Å². The maximum atomic E-state index is 12.4. The SMILES string of the molecule is COc1ccc2c(C)c(CCC(=O)N(C)Cc3cccnc3)c(=O)oc2c1. The minimum Gasteiger partial charge on any atom is -0.497 e. The fraction of sp³-hybridized carbons (Fsp3) is 0.286. The van der Waals surface area contributed by atoms with Crippen LogP contribution in [0.1, 0.15) is 23.1 Å². The number of nitrogens with zero attached hydrogens (tertiary/aromatic N) is 2. The van der Waals surface area contributed by atoms with Crippen LogP contribution in [0.4, 0.5) is 0 Å². The van der Waals surface area contributed by atoms with Crippen molar-refractivity contribution in [2.24, 2.45) is 0 Å². The lowest BCUT2D eigenvalue weighted by Crippen LogP contribution is -2.27. The summed E-state index contributed by atoms with van der Waals surface area (Å²) in [5, 5.41) is 0.849. The van der Waals surface area contributed by atoms with Gasteiger partial charge in [0, 0.05) is 49.4 Å². The summed E-state index contributed by atoms with van der Waals surface area (Å²) in [5.41, 5.74) is 2.42. The van der Waals surface area contributed by atoms with E-state index in [9.17, 15) is 9.59 Å². The molecule has 27 heavy (non-hydrogen) atoms. The first-order valence-corrected chi connectivity index (χ1v) is 8.73. The van der Waals surface area contributed by atoms with E-state index in [0.29, 0.717) is 29.9 Å². The third-order valence-electron chi connectivity index (χ3n) is 4.65. The first kappa shape index (κ1) is 18.6. The van der Waals surface area contributed by atoms with Crippen molar-refractivity contribution in [3.8, 4) is 5.75 Å². The molecule has 3 aromatic rings. The van der Waals surface area contributed by atoms with Crippen molar-refractivity contribution in [1.29, 1.82) is 0 Å². The first-order valence-electron chi connectivity index (χ1n) is 8.73. The van der Waals surface area contributed by atoms with Gasteiger partial charge in [-0.3, -0.25) is 9.78 Å². The fourth-order valence-electron chi connectivity index (χ4n) is 3.07. The second kappa shape index (κ2) is 8.03. The van der Waals surface area contributed by atoms with Crippen LogP contribution in [0.2, 0.25) is 0 Å². The molecule has 1 aromatic carbocycles. The highest BCUT2D eigenvalue weighted by molar-refractivity contribution is 5.82. The zero-order chi connectivity index (χ0) is 19.4. The van der Waals surface area contributed by atoms with E-state index in [1.165, 1.54) is 0 Å². The molecule has 0 unspecified atom stereocenters. The molecule has 1 amide bonds. The quantitative estimate of drug-likeness (QED) is 0.627. The van der Waals surface area contributed by atoms with E-state index in [-0.39, 0.29) is 12.3 Å². The number of pyridine rings is 1. The standard InChI is InChI=1S/C21H22N2O4/c1-14-17-7-6-16(26-3)11-19(17)27-21(25)18(14)8-9-20(24)23(2)13-15-5-4-10-22-12-15/h4-7,10-12H,8-9,13H2,1-3H3. The molecule has 0 bridgehead atoms. The predicted octanol–water partition coefficient (Wildman–Crippen LogP) is 3.10. The Balaban J connectivity index is 1.74. The Hall–Kier alpha value is -3.15. The number of amides is 1. The largest absolute Gasteiger partial charge is 0.497 e. The predicted molar refractivity (Wildman–Crippen MR) is 103 cm³/mol. The van der Waals surface area contributed by atoms with Gasteiger partial charge >= 0.3 is 5.63 Å². The second-order valence-electron chi connectivity index (χ2n) is 6.47. The maximum Gasteiger partial charge on any atom is 0.339 e. The molecule has 0 spiro atoms. The van der Waals surface area contributed by atoms with Gasteiger partial charge in [-0.15, -0.1) is 0 Å². The molecule has 0 aliphatic rings. The van der Waals surface area contributed by atoms with Crippen LogP contribution in [0.5, 0.6) is 5.75 Å². The zero-order valence-corrected chi connectivity index (χ0v) is 15.7. The van der Waals surface area contributed by atoms with Crippen LogP contribution >= 0.6 is 0 Å². The summed E-state index contributed by atoms with van der Waals surface area (Å²) in [6.07, 6.45) is 4.01. The summed E-state index contributed by atoms with van der Waals surface area (Å²) < 4.78 is 10.6. The number of hydrogen-bond donors (Lipinski definition) is 0. The Morgan fingerprint density at radius 3 is 2.81 bits per heavy atom. The van der Waals surface area contributed by atoms with Crippen molar-refractivity contribution in [2.45, 2.75) is 26.3 Å². The average molecular weight is 366 g/mol. The van der Waals surface area contributed by atoms with E-state index < -0.39 is 5.63 Å². The summed E-state index contributed by atoms with van der Waals surface area (Å²) in [5.74, 6) is 0.595. The lowest BCUT2D eigenvalue weighted by atomic mass is 10.0. The lowest BCUT2D eigenvalue weighted by Gasteiger charge is -2.17. The number of methoxy groups -OCH3 is 1.